The average molecular weight is 748 g/mol. The Hall–Kier alpha value is -2.45. The lowest BCUT2D eigenvalue weighted by molar-refractivity contribution is -0.889. The third-order valence-electron chi connectivity index (χ3n) is 9.53. The molecular weight excluding hydrogens is 666 g/mol. The molecule has 0 N–H and O–H groups in total. The number of hydrogen-bond acceptors (Lipinski definition) is 7. The number of rotatable bonds is 38. The summed E-state index contributed by atoms with van der Waals surface area (Å²) in [6.07, 6.45) is 40.3. The van der Waals surface area contributed by atoms with Crippen LogP contribution in [0, 0.1) is 0 Å². The fourth-order valence-corrected chi connectivity index (χ4v) is 6.14. The summed E-state index contributed by atoms with van der Waals surface area (Å²) in [5.41, 5.74) is 0. The van der Waals surface area contributed by atoms with Gasteiger partial charge in [-0.15, -0.1) is 0 Å². The molecule has 0 fully saturated rings. The molecule has 0 aromatic heterocycles. The lowest BCUT2D eigenvalue weighted by atomic mass is 10.0. The highest BCUT2D eigenvalue weighted by molar-refractivity contribution is 5.70. The second kappa shape index (κ2) is 36.5. The van der Waals surface area contributed by atoms with Crippen molar-refractivity contribution in [2.24, 2.45) is 0 Å². The van der Waals surface area contributed by atoms with Crippen LogP contribution in [0.3, 0.4) is 0 Å². The van der Waals surface area contributed by atoms with Crippen molar-refractivity contribution in [1.82, 2.24) is 0 Å². The van der Waals surface area contributed by atoms with Crippen LogP contribution < -0.4 is 5.11 Å². The Labute approximate surface area is 325 Å². The number of likely N-dealkylation sites (N-methyl/N-ethyl adjacent to an activating group) is 1. The van der Waals surface area contributed by atoms with Crippen LogP contribution in [-0.2, 0) is 28.6 Å². The SMILES string of the molecule is CCCCCCCC/C=C/C/C=C/C/C=C/CCCC(=O)OC(COCCC(C(=O)[O-])[N+](C)(C)C)COC(=O)CCCCCCCCCCCCCC. The number of allylic oxidation sites excluding steroid dienone is 6. The van der Waals surface area contributed by atoms with Gasteiger partial charge in [-0.05, 0) is 44.9 Å². The topological polar surface area (TPSA) is 102 Å². The van der Waals surface area contributed by atoms with E-state index in [9.17, 15) is 19.5 Å². The molecule has 0 aliphatic heterocycles. The number of nitrogens with zero attached hydrogens (tertiary/aromatic N) is 1. The van der Waals surface area contributed by atoms with Crippen LogP contribution in [0.5, 0.6) is 0 Å². The van der Waals surface area contributed by atoms with Crippen molar-refractivity contribution in [3.63, 3.8) is 0 Å². The van der Waals surface area contributed by atoms with Gasteiger partial charge in [0.15, 0.2) is 6.10 Å². The second-order valence-electron chi connectivity index (χ2n) is 15.6. The zero-order valence-electron chi connectivity index (χ0n) is 34.9. The van der Waals surface area contributed by atoms with Gasteiger partial charge < -0.3 is 28.6 Å². The Balaban J connectivity index is 4.45. The molecule has 0 bridgehead atoms. The molecule has 0 aromatic carbocycles. The molecule has 0 amide bonds. The maximum absolute atomic E-state index is 12.7. The monoisotopic (exact) mass is 748 g/mol. The van der Waals surface area contributed by atoms with E-state index in [-0.39, 0.29) is 49.1 Å². The van der Waals surface area contributed by atoms with Crippen LogP contribution in [-0.4, -0.2) is 75.5 Å². The summed E-state index contributed by atoms with van der Waals surface area (Å²) < 4.78 is 17.1. The smallest absolute Gasteiger partial charge is 0.306 e. The fraction of sp³-hybridized carbons (Fsp3) is 0.800. The fourth-order valence-electron chi connectivity index (χ4n) is 6.14. The maximum Gasteiger partial charge on any atom is 0.306 e. The molecule has 308 valence electrons. The van der Waals surface area contributed by atoms with Gasteiger partial charge in [-0.2, -0.15) is 0 Å². The van der Waals surface area contributed by atoms with E-state index in [0.29, 0.717) is 12.8 Å². The first-order valence-electron chi connectivity index (χ1n) is 21.5. The molecule has 0 spiro atoms. The van der Waals surface area contributed by atoms with Crippen LogP contribution in [0.2, 0.25) is 0 Å². The molecular formula is C45H81NO7. The predicted molar refractivity (Wildman–Crippen MR) is 217 cm³/mol. The summed E-state index contributed by atoms with van der Waals surface area (Å²) in [4.78, 5) is 36.7. The van der Waals surface area contributed by atoms with Gasteiger partial charge in [0, 0.05) is 19.3 Å². The quantitative estimate of drug-likeness (QED) is 0.0268. The van der Waals surface area contributed by atoms with Gasteiger partial charge in [-0.3, -0.25) is 9.59 Å². The third kappa shape index (κ3) is 35.0. The number of hydrogen-bond donors (Lipinski definition) is 0. The normalized spacial score (nSPS) is 13.3. The van der Waals surface area contributed by atoms with Crippen LogP contribution >= 0.6 is 0 Å². The average Bonchev–Trinajstić information content (AvgIpc) is 3.11. The molecule has 2 unspecified atom stereocenters. The van der Waals surface area contributed by atoms with E-state index in [1.807, 2.05) is 0 Å². The lowest BCUT2D eigenvalue weighted by Crippen LogP contribution is -2.55. The molecule has 0 rings (SSSR count). The highest BCUT2D eigenvalue weighted by Gasteiger charge is 2.25. The van der Waals surface area contributed by atoms with Gasteiger partial charge >= 0.3 is 11.9 Å². The number of esters is 2. The number of carbonyl (C=O) groups is 3. The van der Waals surface area contributed by atoms with Crippen molar-refractivity contribution >= 4 is 17.9 Å². The van der Waals surface area contributed by atoms with Crippen molar-refractivity contribution < 1.29 is 38.2 Å². The van der Waals surface area contributed by atoms with E-state index in [4.69, 9.17) is 14.2 Å². The minimum absolute atomic E-state index is 0.0228. The molecule has 8 nitrogen and oxygen atoms in total. The van der Waals surface area contributed by atoms with E-state index in [1.165, 1.54) is 103 Å². The number of unbranched alkanes of at least 4 members (excludes halogenated alkanes) is 18. The Morgan fingerprint density at radius 2 is 1.02 bits per heavy atom. The van der Waals surface area contributed by atoms with Crippen LogP contribution in [0.15, 0.2) is 36.5 Å². The first kappa shape index (κ1) is 50.5. The van der Waals surface area contributed by atoms with Crippen LogP contribution in [0.1, 0.15) is 181 Å². The van der Waals surface area contributed by atoms with Crippen molar-refractivity contribution in [3.05, 3.63) is 36.5 Å². The van der Waals surface area contributed by atoms with Gasteiger partial charge in [0.2, 0.25) is 0 Å². The van der Waals surface area contributed by atoms with E-state index >= 15 is 0 Å². The molecule has 0 saturated heterocycles. The standard InChI is InChI=1S/C45H81NO7/c1-6-8-10-12-14-16-18-20-21-22-23-24-26-28-30-32-34-36-44(48)53-41(39-51-38-37-42(45(49)50)46(3,4)5)40-52-43(47)35-33-31-29-27-25-19-17-15-13-11-9-7-2/h20-21,23-24,28,30,41-42H,6-19,22,25-27,29,31-40H2,1-5H3/b21-20+,24-23+,30-28+. The molecule has 0 aliphatic carbocycles. The van der Waals surface area contributed by atoms with Crippen molar-refractivity contribution in [3.8, 4) is 0 Å². The Kier molecular flexibility index (Phi) is 34.8. The molecule has 8 heteroatoms. The number of carbonyl (C=O) groups excluding carboxylic acids is 3. The van der Waals surface area contributed by atoms with Gasteiger partial charge in [-0.1, -0.05) is 153 Å². The van der Waals surface area contributed by atoms with Crippen molar-refractivity contribution in [2.45, 2.75) is 193 Å². The highest BCUT2D eigenvalue weighted by atomic mass is 16.6. The highest BCUT2D eigenvalue weighted by Crippen LogP contribution is 2.14. The lowest BCUT2D eigenvalue weighted by Gasteiger charge is -2.34. The largest absolute Gasteiger partial charge is 0.544 e. The molecule has 2 atom stereocenters. The predicted octanol–water partition coefficient (Wildman–Crippen LogP) is 10.1. The van der Waals surface area contributed by atoms with Gasteiger partial charge in [-0.25, -0.2) is 0 Å². The van der Waals surface area contributed by atoms with Crippen LogP contribution in [0.25, 0.3) is 0 Å². The van der Waals surface area contributed by atoms with Crippen molar-refractivity contribution in [2.75, 3.05) is 41.0 Å². The zero-order valence-corrected chi connectivity index (χ0v) is 34.9. The Morgan fingerprint density at radius 3 is 1.53 bits per heavy atom. The first-order chi connectivity index (χ1) is 25.6. The molecule has 0 heterocycles. The summed E-state index contributed by atoms with van der Waals surface area (Å²) in [6, 6.07) is -0.732. The minimum Gasteiger partial charge on any atom is -0.544 e. The Morgan fingerprint density at radius 1 is 0.566 bits per heavy atom. The number of aliphatic carboxylic acids is 1. The summed E-state index contributed by atoms with van der Waals surface area (Å²) in [5, 5.41) is 11.6. The van der Waals surface area contributed by atoms with Crippen LogP contribution in [0.4, 0.5) is 0 Å². The Bertz CT molecular complexity index is 968. The number of carboxylic acids is 1. The maximum atomic E-state index is 12.7. The number of quaternary nitrogens is 1. The molecule has 53 heavy (non-hydrogen) atoms. The van der Waals surface area contributed by atoms with E-state index in [1.54, 1.807) is 21.1 Å². The van der Waals surface area contributed by atoms with Gasteiger partial charge in [0.05, 0.1) is 40.3 Å². The minimum atomic E-state index is -1.13. The van der Waals surface area contributed by atoms with Gasteiger partial charge in [0.25, 0.3) is 0 Å². The van der Waals surface area contributed by atoms with E-state index in [0.717, 1.165) is 38.5 Å². The zero-order chi connectivity index (χ0) is 39.3. The summed E-state index contributed by atoms with van der Waals surface area (Å²) in [6.45, 7) is 4.60. The summed E-state index contributed by atoms with van der Waals surface area (Å²) in [7, 11) is 5.39. The summed E-state index contributed by atoms with van der Waals surface area (Å²) >= 11 is 0. The number of ether oxygens (including phenoxy) is 3. The van der Waals surface area contributed by atoms with Gasteiger partial charge in [0.1, 0.15) is 12.6 Å². The molecule has 0 aromatic rings. The van der Waals surface area contributed by atoms with Crippen molar-refractivity contribution in [1.29, 1.82) is 0 Å². The third-order valence-corrected chi connectivity index (χ3v) is 9.53. The summed E-state index contributed by atoms with van der Waals surface area (Å²) in [5.74, 6) is -1.80. The van der Waals surface area contributed by atoms with E-state index in [2.05, 4.69) is 50.3 Å². The molecule has 0 saturated carbocycles. The molecule has 0 aliphatic rings. The second-order valence-corrected chi connectivity index (χ2v) is 15.6. The molecule has 0 radical (unpaired) electrons. The van der Waals surface area contributed by atoms with E-state index < -0.39 is 18.1 Å². The first-order valence-corrected chi connectivity index (χ1v) is 21.5. The number of carboxylic acid groups (broad SMARTS) is 1.